The van der Waals surface area contributed by atoms with Crippen LogP contribution in [0, 0.1) is 0 Å². The number of amides is 2. The summed E-state index contributed by atoms with van der Waals surface area (Å²) < 4.78 is 11.1. The molecule has 0 aliphatic carbocycles. The van der Waals surface area contributed by atoms with Gasteiger partial charge in [0.1, 0.15) is 12.4 Å². The van der Waals surface area contributed by atoms with Crippen molar-refractivity contribution in [1.29, 1.82) is 0 Å². The van der Waals surface area contributed by atoms with Crippen LogP contribution in [0.5, 0.6) is 5.75 Å². The molecule has 0 aromatic heterocycles. The van der Waals surface area contributed by atoms with Crippen molar-refractivity contribution in [2.75, 3.05) is 33.4 Å². The Bertz CT molecular complexity index is 870. The number of methoxy groups -OCH3 is 1. The van der Waals surface area contributed by atoms with E-state index in [-0.39, 0.29) is 37.0 Å². The predicted octanol–water partition coefficient (Wildman–Crippen LogP) is 1.92. The lowest BCUT2D eigenvalue weighted by Crippen LogP contribution is -2.54. The molecule has 6 heteroatoms. The van der Waals surface area contributed by atoms with Gasteiger partial charge in [0.15, 0.2) is 0 Å². The minimum absolute atomic E-state index is 0.00112. The average Bonchev–Trinajstić information content (AvgIpc) is 3.19. The number of fused-ring (bicyclic) bond motifs is 1. The SMILES string of the molecule is COc1ccccc1CC(=O)N1C[C@@H]2OCC(=O)N(CCc3ccccc3)[C@H]2C1. The van der Waals surface area contributed by atoms with Crippen molar-refractivity contribution in [1.82, 2.24) is 9.80 Å². The molecule has 2 aliphatic rings. The molecule has 0 N–H and O–H groups in total. The van der Waals surface area contributed by atoms with Gasteiger partial charge < -0.3 is 19.3 Å². The summed E-state index contributed by atoms with van der Waals surface area (Å²) in [7, 11) is 1.61. The minimum Gasteiger partial charge on any atom is -0.496 e. The Labute approximate surface area is 171 Å². The molecular weight excluding hydrogens is 368 g/mol. The van der Waals surface area contributed by atoms with Gasteiger partial charge in [0.25, 0.3) is 0 Å². The van der Waals surface area contributed by atoms with Gasteiger partial charge in [-0.05, 0) is 18.1 Å². The van der Waals surface area contributed by atoms with Gasteiger partial charge >= 0.3 is 0 Å². The Morgan fingerprint density at radius 1 is 1.10 bits per heavy atom. The molecule has 0 bridgehead atoms. The Kier molecular flexibility index (Phi) is 5.81. The molecule has 2 atom stereocenters. The maximum atomic E-state index is 12.9. The van der Waals surface area contributed by atoms with Crippen molar-refractivity contribution in [2.24, 2.45) is 0 Å². The molecule has 0 spiro atoms. The maximum absolute atomic E-state index is 12.9. The highest BCUT2D eigenvalue weighted by atomic mass is 16.5. The Morgan fingerprint density at radius 2 is 1.86 bits per heavy atom. The van der Waals surface area contributed by atoms with Gasteiger partial charge in [-0.2, -0.15) is 0 Å². The Balaban J connectivity index is 1.41. The highest BCUT2D eigenvalue weighted by Gasteiger charge is 2.44. The third kappa shape index (κ3) is 4.27. The quantitative estimate of drug-likeness (QED) is 0.751. The molecule has 0 unspecified atom stereocenters. The molecule has 2 fully saturated rings. The van der Waals surface area contributed by atoms with Crippen molar-refractivity contribution in [3.05, 3.63) is 65.7 Å². The van der Waals surface area contributed by atoms with Crippen LogP contribution in [0.15, 0.2) is 54.6 Å². The number of hydrogen-bond acceptors (Lipinski definition) is 4. The summed E-state index contributed by atoms with van der Waals surface area (Å²) in [4.78, 5) is 29.1. The minimum atomic E-state index is -0.120. The molecule has 152 valence electrons. The maximum Gasteiger partial charge on any atom is 0.248 e. The first-order chi connectivity index (χ1) is 14.2. The fraction of sp³-hybridized carbons (Fsp3) is 0.391. The van der Waals surface area contributed by atoms with E-state index in [0.717, 1.165) is 12.0 Å². The van der Waals surface area contributed by atoms with Gasteiger partial charge in [0, 0.05) is 25.2 Å². The summed E-state index contributed by atoms with van der Waals surface area (Å²) in [6, 6.07) is 17.6. The van der Waals surface area contributed by atoms with Crippen LogP contribution < -0.4 is 4.74 Å². The third-order valence-corrected chi connectivity index (χ3v) is 5.75. The van der Waals surface area contributed by atoms with Gasteiger partial charge in [-0.3, -0.25) is 9.59 Å². The van der Waals surface area contributed by atoms with Crippen LogP contribution in [0.3, 0.4) is 0 Å². The molecule has 6 nitrogen and oxygen atoms in total. The van der Waals surface area contributed by atoms with Crippen LogP contribution in [-0.2, 0) is 27.2 Å². The van der Waals surface area contributed by atoms with E-state index < -0.39 is 0 Å². The molecule has 2 amide bonds. The van der Waals surface area contributed by atoms with Gasteiger partial charge in [-0.15, -0.1) is 0 Å². The zero-order valence-corrected chi connectivity index (χ0v) is 16.6. The Morgan fingerprint density at radius 3 is 2.66 bits per heavy atom. The largest absolute Gasteiger partial charge is 0.496 e. The van der Waals surface area contributed by atoms with Crippen LogP contribution in [0.25, 0.3) is 0 Å². The smallest absolute Gasteiger partial charge is 0.248 e. The lowest BCUT2D eigenvalue weighted by Gasteiger charge is -2.36. The van der Waals surface area contributed by atoms with E-state index in [0.29, 0.717) is 25.4 Å². The number of carbonyl (C=O) groups excluding carboxylic acids is 2. The highest BCUT2D eigenvalue weighted by Crippen LogP contribution is 2.26. The van der Waals surface area contributed by atoms with Crippen LogP contribution >= 0.6 is 0 Å². The molecule has 29 heavy (non-hydrogen) atoms. The van der Waals surface area contributed by atoms with Crippen molar-refractivity contribution in [2.45, 2.75) is 25.0 Å². The summed E-state index contributed by atoms with van der Waals surface area (Å²) in [6.07, 6.45) is 0.955. The molecule has 2 heterocycles. The van der Waals surface area contributed by atoms with Crippen molar-refractivity contribution in [3.63, 3.8) is 0 Å². The zero-order valence-electron chi connectivity index (χ0n) is 16.6. The van der Waals surface area contributed by atoms with E-state index in [1.807, 2.05) is 52.3 Å². The molecule has 2 aliphatic heterocycles. The summed E-state index contributed by atoms with van der Waals surface area (Å²) in [5.41, 5.74) is 2.07. The van der Waals surface area contributed by atoms with Crippen LogP contribution in [0.2, 0.25) is 0 Å². The van der Waals surface area contributed by atoms with Gasteiger partial charge in [0.2, 0.25) is 11.8 Å². The molecule has 4 rings (SSSR count). The second-order valence-corrected chi connectivity index (χ2v) is 7.53. The van der Waals surface area contributed by atoms with E-state index in [9.17, 15) is 9.59 Å². The van der Waals surface area contributed by atoms with E-state index in [4.69, 9.17) is 9.47 Å². The molecule has 0 radical (unpaired) electrons. The number of hydrogen-bond donors (Lipinski definition) is 0. The fourth-order valence-electron chi connectivity index (χ4n) is 4.18. The number of carbonyl (C=O) groups is 2. The summed E-state index contributed by atoms with van der Waals surface area (Å²) in [5, 5.41) is 0. The Hall–Kier alpha value is -2.86. The standard InChI is InChI=1S/C23H26N2O4/c1-28-20-10-6-5-9-18(20)13-22(26)24-14-19-21(15-24)29-16-23(27)25(19)12-11-17-7-3-2-4-8-17/h2-10,19,21H,11-16H2,1H3/t19-,21-/m0/s1. The average molecular weight is 394 g/mol. The number of ether oxygens (including phenoxy) is 2. The lowest BCUT2D eigenvalue weighted by molar-refractivity contribution is -0.152. The second kappa shape index (κ2) is 8.66. The number of rotatable bonds is 6. The summed E-state index contributed by atoms with van der Waals surface area (Å²) in [6.45, 7) is 1.76. The summed E-state index contributed by atoms with van der Waals surface area (Å²) >= 11 is 0. The van der Waals surface area contributed by atoms with Crippen molar-refractivity contribution in [3.8, 4) is 5.75 Å². The number of benzene rings is 2. The first-order valence-corrected chi connectivity index (χ1v) is 10.0. The fourth-order valence-corrected chi connectivity index (χ4v) is 4.18. The predicted molar refractivity (Wildman–Crippen MR) is 109 cm³/mol. The van der Waals surface area contributed by atoms with E-state index >= 15 is 0 Å². The number of nitrogens with zero attached hydrogens (tertiary/aromatic N) is 2. The molecule has 2 aromatic rings. The van der Waals surface area contributed by atoms with E-state index in [1.165, 1.54) is 5.56 Å². The first kappa shape index (κ1) is 19.5. The van der Waals surface area contributed by atoms with Gasteiger partial charge in [-0.25, -0.2) is 0 Å². The number of likely N-dealkylation sites (tertiary alicyclic amines) is 1. The highest BCUT2D eigenvalue weighted by molar-refractivity contribution is 5.81. The molecule has 2 aromatic carbocycles. The van der Waals surface area contributed by atoms with E-state index in [2.05, 4.69) is 12.1 Å². The molecule has 2 saturated heterocycles. The first-order valence-electron chi connectivity index (χ1n) is 10.0. The second-order valence-electron chi connectivity index (χ2n) is 7.53. The van der Waals surface area contributed by atoms with Crippen molar-refractivity contribution < 1.29 is 19.1 Å². The van der Waals surface area contributed by atoms with Crippen LogP contribution in [0.4, 0.5) is 0 Å². The molecule has 0 saturated carbocycles. The summed E-state index contributed by atoms with van der Waals surface area (Å²) in [5.74, 6) is 0.748. The number of para-hydroxylation sites is 1. The number of morpholine rings is 1. The van der Waals surface area contributed by atoms with Gasteiger partial charge in [0.05, 0.1) is 25.7 Å². The lowest BCUT2D eigenvalue weighted by atomic mass is 10.1. The monoisotopic (exact) mass is 394 g/mol. The zero-order chi connectivity index (χ0) is 20.2. The topological polar surface area (TPSA) is 59.1 Å². The van der Waals surface area contributed by atoms with Crippen molar-refractivity contribution >= 4 is 11.8 Å². The molecular formula is C23H26N2O4. The van der Waals surface area contributed by atoms with E-state index in [1.54, 1.807) is 7.11 Å². The third-order valence-electron chi connectivity index (χ3n) is 5.75. The van der Waals surface area contributed by atoms with Crippen LogP contribution in [-0.4, -0.2) is 67.1 Å². The van der Waals surface area contributed by atoms with Gasteiger partial charge in [-0.1, -0.05) is 48.5 Å². The normalized spacial score (nSPS) is 21.2. The van der Waals surface area contributed by atoms with Crippen LogP contribution in [0.1, 0.15) is 11.1 Å².